The smallest absolute Gasteiger partial charge is 0.337 e. The molecule has 2 rings (SSSR count). The number of amides is 1. The number of carbonyl (C=O) groups excluding carboxylic acids is 1. The zero-order chi connectivity index (χ0) is 13.8. The third-order valence-corrected chi connectivity index (χ3v) is 3.37. The highest BCUT2D eigenvalue weighted by Crippen LogP contribution is 2.22. The monoisotopic (exact) mass is 282 g/mol. The summed E-state index contributed by atoms with van der Waals surface area (Å²) in [6, 6.07) is 4.40. The Morgan fingerprint density at radius 3 is 2.84 bits per heavy atom. The van der Waals surface area contributed by atoms with E-state index in [1.807, 2.05) is 0 Å². The van der Waals surface area contributed by atoms with Gasteiger partial charge in [-0.3, -0.25) is 4.79 Å². The fraction of sp³-hybridized carbons (Fsp3) is 0.385. The second-order valence-corrected chi connectivity index (χ2v) is 4.96. The van der Waals surface area contributed by atoms with Crippen LogP contribution in [0.5, 0.6) is 0 Å². The van der Waals surface area contributed by atoms with E-state index in [-0.39, 0.29) is 23.1 Å². The van der Waals surface area contributed by atoms with E-state index in [9.17, 15) is 9.59 Å². The van der Waals surface area contributed by atoms with Crippen molar-refractivity contribution in [2.75, 3.05) is 18.4 Å². The molecular formula is C13H15ClN2O3. The lowest BCUT2D eigenvalue weighted by Gasteiger charge is -2.22. The minimum Gasteiger partial charge on any atom is -0.478 e. The number of halogens is 1. The Kier molecular flexibility index (Phi) is 4.39. The molecule has 6 heteroatoms. The maximum absolute atomic E-state index is 12.1. The lowest BCUT2D eigenvalue weighted by molar-refractivity contribution is -0.120. The summed E-state index contributed by atoms with van der Waals surface area (Å²) < 4.78 is 0. The summed E-state index contributed by atoms with van der Waals surface area (Å²) in [6.07, 6.45) is 1.76. The molecule has 5 nitrogen and oxygen atoms in total. The molecule has 1 aliphatic heterocycles. The van der Waals surface area contributed by atoms with Crippen LogP contribution in [0.25, 0.3) is 0 Å². The first-order valence-electron chi connectivity index (χ1n) is 6.12. The predicted molar refractivity (Wildman–Crippen MR) is 72.6 cm³/mol. The van der Waals surface area contributed by atoms with Crippen LogP contribution in [-0.4, -0.2) is 30.1 Å². The lowest BCUT2D eigenvalue weighted by Crippen LogP contribution is -2.37. The van der Waals surface area contributed by atoms with Crippen molar-refractivity contribution in [3.8, 4) is 0 Å². The molecule has 0 unspecified atom stereocenters. The molecule has 1 aromatic rings. The number of anilines is 1. The van der Waals surface area contributed by atoms with E-state index in [1.54, 1.807) is 6.07 Å². The van der Waals surface area contributed by atoms with Crippen molar-refractivity contribution < 1.29 is 14.7 Å². The van der Waals surface area contributed by atoms with E-state index in [2.05, 4.69) is 10.6 Å². The quantitative estimate of drug-likeness (QED) is 0.792. The zero-order valence-electron chi connectivity index (χ0n) is 10.3. The molecular weight excluding hydrogens is 268 g/mol. The molecule has 1 aliphatic rings. The number of hydrogen-bond acceptors (Lipinski definition) is 3. The predicted octanol–water partition coefficient (Wildman–Crippen LogP) is 1.98. The van der Waals surface area contributed by atoms with E-state index < -0.39 is 5.97 Å². The van der Waals surface area contributed by atoms with Crippen LogP contribution in [0.1, 0.15) is 23.2 Å². The molecule has 0 aliphatic carbocycles. The molecule has 1 saturated heterocycles. The van der Waals surface area contributed by atoms with Gasteiger partial charge in [0.25, 0.3) is 0 Å². The number of carboxylic acid groups (broad SMARTS) is 1. The summed E-state index contributed by atoms with van der Waals surface area (Å²) in [5, 5.41) is 15.2. The molecule has 1 aromatic carbocycles. The van der Waals surface area contributed by atoms with Crippen molar-refractivity contribution >= 4 is 29.2 Å². The summed E-state index contributed by atoms with van der Waals surface area (Å²) in [4.78, 5) is 23.2. The molecule has 0 saturated carbocycles. The van der Waals surface area contributed by atoms with Crippen molar-refractivity contribution in [1.82, 2.24) is 5.32 Å². The Bertz CT molecular complexity index is 499. The zero-order valence-corrected chi connectivity index (χ0v) is 11.0. The van der Waals surface area contributed by atoms with Gasteiger partial charge in [-0.15, -0.1) is 0 Å². The Hall–Kier alpha value is -1.59. The molecule has 1 heterocycles. The summed E-state index contributed by atoms with van der Waals surface area (Å²) in [5.74, 6) is -1.39. The van der Waals surface area contributed by atoms with Gasteiger partial charge in [-0.2, -0.15) is 0 Å². The van der Waals surface area contributed by atoms with Gasteiger partial charge in [0.2, 0.25) is 5.91 Å². The van der Waals surface area contributed by atoms with Crippen molar-refractivity contribution in [2.24, 2.45) is 5.92 Å². The highest BCUT2D eigenvalue weighted by molar-refractivity contribution is 6.31. The molecule has 1 fully saturated rings. The lowest BCUT2D eigenvalue weighted by atomic mass is 9.98. The van der Waals surface area contributed by atoms with E-state index in [0.717, 1.165) is 19.4 Å². The summed E-state index contributed by atoms with van der Waals surface area (Å²) >= 11 is 5.76. The number of rotatable bonds is 3. The van der Waals surface area contributed by atoms with Crippen molar-refractivity contribution in [2.45, 2.75) is 12.8 Å². The topological polar surface area (TPSA) is 78.4 Å². The SMILES string of the molecule is O=C(O)c1cc(Cl)ccc1NC(=O)[C@@H]1CCCNC1. The maximum atomic E-state index is 12.1. The van der Waals surface area contributed by atoms with Crippen LogP contribution in [0, 0.1) is 5.92 Å². The van der Waals surface area contributed by atoms with E-state index >= 15 is 0 Å². The molecule has 1 atom stereocenters. The van der Waals surface area contributed by atoms with E-state index in [1.165, 1.54) is 12.1 Å². The summed E-state index contributed by atoms with van der Waals surface area (Å²) in [7, 11) is 0. The number of aromatic carboxylic acids is 1. The van der Waals surface area contributed by atoms with Gasteiger partial charge in [-0.05, 0) is 37.6 Å². The molecule has 0 spiro atoms. The van der Waals surface area contributed by atoms with Crippen LogP contribution in [0.3, 0.4) is 0 Å². The normalized spacial score (nSPS) is 18.9. The number of nitrogens with one attached hydrogen (secondary N) is 2. The Balaban J connectivity index is 2.13. The standard InChI is InChI=1S/C13H15ClN2O3/c14-9-3-4-11(10(6-9)13(18)19)16-12(17)8-2-1-5-15-7-8/h3-4,6,8,15H,1-2,5,7H2,(H,16,17)(H,18,19)/t8-/m1/s1. The first kappa shape index (κ1) is 13.8. The van der Waals surface area contributed by atoms with Gasteiger partial charge in [-0.25, -0.2) is 4.79 Å². The fourth-order valence-corrected chi connectivity index (χ4v) is 2.28. The molecule has 19 heavy (non-hydrogen) atoms. The van der Waals surface area contributed by atoms with Gasteiger partial charge in [-0.1, -0.05) is 11.6 Å². The van der Waals surface area contributed by atoms with E-state index in [4.69, 9.17) is 16.7 Å². The van der Waals surface area contributed by atoms with Crippen LogP contribution in [0.4, 0.5) is 5.69 Å². The van der Waals surface area contributed by atoms with Gasteiger partial charge in [0, 0.05) is 11.6 Å². The third kappa shape index (κ3) is 3.45. The van der Waals surface area contributed by atoms with Crippen LogP contribution >= 0.6 is 11.6 Å². The van der Waals surface area contributed by atoms with Crippen LogP contribution in [-0.2, 0) is 4.79 Å². The Labute approximate surface area is 116 Å². The number of carbonyl (C=O) groups is 2. The average Bonchev–Trinajstić information content (AvgIpc) is 2.41. The van der Waals surface area contributed by atoms with Crippen LogP contribution < -0.4 is 10.6 Å². The van der Waals surface area contributed by atoms with Gasteiger partial charge in [0.15, 0.2) is 0 Å². The number of benzene rings is 1. The van der Waals surface area contributed by atoms with Crippen LogP contribution in [0.2, 0.25) is 5.02 Å². The van der Waals surface area contributed by atoms with E-state index in [0.29, 0.717) is 11.6 Å². The highest BCUT2D eigenvalue weighted by atomic mass is 35.5. The average molecular weight is 283 g/mol. The first-order chi connectivity index (χ1) is 9.08. The molecule has 0 bridgehead atoms. The largest absolute Gasteiger partial charge is 0.478 e. The second-order valence-electron chi connectivity index (χ2n) is 4.53. The first-order valence-corrected chi connectivity index (χ1v) is 6.50. The molecule has 102 valence electrons. The maximum Gasteiger partial charge on any atom is 0.337 e. The highest BCUT2D eigenvalue weighted by Gasteiger charge is 2.22. The van der Waals surface area contributed by atoms with Gasteiger partial charge < -0.3 is 15.7 Å². The fourth-order valence-electron chi connectivity index (χ4n) is 2.11. The number of piperidine rings is 1. The van der Waals surface area contributed by atoms with Crippen molar-refractivity contribution in [3.05, 3.63) is 28.8 Å². The molecule has 3 N–H and O–H groups in total. The van der Waals surface area contributed by atoms with Gasteiger partial charge in [0.1, 0.15) is 0 Å². The Morgan fingerprint density at radius 1 is 1.42 bits per heavy atom. The van der Waals surface area contributed by atoms with Crippen molar-refractivity contribution in [3.63, 3.8) is 0 Å². The third-order valence-electron chi connectivity index (χ3n) is 3.14. The molecule has 0 radical (unpaired) electrons. The van der Waals surface area contributed by atoms with Crippen molar-refractivity contribution in [1.29, 1.82) is 0 Å². The van der Waals surface area contributed by atoms with Gasteiger partial charge >= 0.3 is 5.97 Å². The van der Waals surface area contributed by atoms with Gasteiger partial charge in [0.05, 0.1) is 17.2 Å². The minimum absolute atomic E-state index is 0.00428. The summed E-state index contributed by atoms with van der Waals surface area (Å²) in [6.45, 7) is 1.55. The number of hydrogen-bond donors (Lipinski definition) is 3. The van der Waals surface area contributed by atoms with Crippen LogP contribution in [0.15, 0.2) is 18.2 Å². The number of carboxylic acids is 1. The second kappa shape index (κ2) is 6.04. The minimum atomic E-state index is -1.11. The molecule has 0 aromatic heterocycles. The molecule has 1 amide bonds. The Morgan fingerprint density at radius 2 is 2.21 bits per heavy atom. The summed E-state index contributed by atoms with van der Waals surface area (Å²) in [5.41, 5.74) is 0.289.